The van der Waals surface area contributed by atoms with Crippen molar-refractivity contribution in [3.63, 3.8) is 0 Å². The Morgan fingerprint density at radius 1 is 1.21 bits per heavy atom. The summed E-state index contributed by atoms with van der Waals surface area (Å²) in [5.74, 6) is -0.139. The molecule has 5 nitrogen and oxygen atoms in total. The molecule has 1 unspecified atom stereocenters. The molecule has 1 fully saturated rings. The average Bonchev–Trinajstić information content (AvgIpc) is 2.74. The SMILES string of the molecule is COC(=O)CCCN1CCC(OC(c2ccc(Cl)cc2)c2ccccn2)CC1. The molecule has 2 heterocycles. The van der Waals surface area contributed by atoms with Crippen LogP contribution in [0.5, 0.6) is 0 Å². The van der Waals surface area contributed by atoms with E-state index in [9.17, 15) is 4.79 Å². The van der Waals surface area contributed by atoms with E-state index in [4.69, 9.17) is 21.1 Å². The molecule has 2 aromatic rings. The molecule has 1 saturated heterocycles. The lowest BCUT2D eigenvalue weighted by Crippen LogP contribution is -2.38. The first kappa shape index (κ1) is 20.8. The minimum Gasteiger partial charge on any atom is -0.469 e. The van der Waals surface area contributed by atoms with Gasteiger partial charge in [-0.3, -0.25) is 9.78 Å². The Kier molecular flexibility index (Phi) is 7.83. The molecule has 1 aromatic heterocycles. The number of benzene rings is 1. The maximum atomic E-state index is 11.2. The highest BCUT2D eigenvalue weighted by Gasteiger charge is 2.25. The van der Waals surface area contributed by atoms with E-state index in [0.29, 0.717) is 11.4 Å². The van der Waals surface area contributed by atoms with E-state index in [1.165, 1.54) is 7.11 Å². The Hall–Kier alpha value is -1.95. The summed E-state index contributed by atoms with van der Waals surface area (Å²) in [6, 6.07) is 13.7. The summed E-state index contributed by atoms with van der Waals surface area (Å²) in [6.45, 7) is 2.87. The van der Waals surface area contributed by atoms with Crippen molar-refractivity contribution in [2.45, 2.75) is 37.9 Å². The lowest BCUT2D eigenvalue weighted by molar-refractivity contribution is -0.140. The molecule has 0 spiro atoms. The summed E-state index contributed by atoms with van der Waals surface area (Å²) in [7, 11) is 1.43. The first-order valence-corrected chi connectivity index (χ1v) is 10.1. The summed E-state index contributed by atoms with van der Waals surface area (Å²) >= 11 is 6.05. The first-order chi connectivity index (χ1) is 13.7. The number of halogens is 1. The van der Waals surface area contributed by atoms with Gasteiger partial charge in [0.25, 0.3) is 0 Å². The molecule has 0 N–H and O–H groups in total. The molecule has 3 rings (SSSR count). The number of esters is 1. The topological polar surface area (TPSA) is 51.7 Å². The van der Waals surface area contributed by atoms with Gasteiger partial charge >= 0.3 is 5.97 Å². The fraction of sp³-hybridized carbons (Fsp3) is 0.455. The molecule has 28 heavy (non-hydrogen) atoms. The third-order valence-corrected chi connectivity index (χ3v) is 5.33. The van der Waals surface area contributed by atoms with Gasteiger partial charge in [0.1, 0.15) is 6.10 Å². The van der Waals surface area contributed by atoms with Gasteiger partial charge in [-0.15, -0.1) is 0 Å². The Bertz CT molecular complexity index is 731. The number of ether oxygens (including phenoxy) is 2. The molecule has 1 aliphatic rings. The molecule has 6 heteroatoms. The van der Waals surface area contributed by atoms with E-state index in [0.717, 1.165) is 50.2 Å². The van der Waals surface area contributed by atoms with Crippen LogP contribution in [0.15, 0.2) is 48.7 Å². The number of pyridine rings is 1. The smallest absolute Gasteiger partial charge is 0.305 e. The van der Waals surface area contributed by atoms with Gasteiger partial charge in [0, 0.05) is 30.7 Å². The molecular formula is C22H27ClN2O3. The van der Waals surface area contributed by atoms with Crippen LogP contribution >= 0.6 is 11.6 Å². The van der Waals surface area contributed by atoms with E-state index >= 15 is 0 Å². The molecule has 0 saturated carbocycles. The molecule has 150 valence electrons. The first-order valence-electron chi connectivity index (χ1n) is 9.76. The van der Waals surface area contributed by atoms with Crippen molar-refractivity contribution in [1.82, 2.24) is 9.88 Å². The van der Waals surface area contributed by atoms with E-state index in [1.807, 2.05) is 42.5 Å². The highest BCUT2D eigenvalue weighted by Crippen LogP contribution is 2.29. The van der Waals surface area contributed by atoms with Crippen molar-refractivity contribution in [2.24, 2.45) is 0 Å². The van der Waals surface area contributed by atoms with Crippen molar-refractivity contribution in [2.75, 3.05) is 26.7 Å². The molecule has 1 aromatic carbocycles. The Morgan fingerprint density at radius 3 is 2.61 bits per heavy atom. The van der Waals surface area contributed by atoms with Crippen molar-refractivity contribution in [3.8, 4) is 0 Å². The minimum atomic E-state index is -0.200. The number of hydrogen-bond donors (Lipinski definition) is 0. The molecule has 1 aliphatic heterocycles. The summed E-state index contributed by atoms with van der Waals surface area (Å²) in [5.41, 5.74) is 1.97. The molecule has 0 radical (unpaired) electrons. The van der Waals surface area contributed by atoms with Crippen LogP contribution in [0.3, 0.4) is 0 Å². The second-order valence-electron chi connectivity index (χ2n) is 7.04. The van der Waals surface area contributed by atoms with Crippen molar-refractivity contribution >= 4 is 17.6 Å². The fourth-order valence-electron chi connectivity index (χ4n) is 3.50. The second-order valence-corrected chi connectivity index (χ2v) is 7.48. The highest BCUT2D eigenvalue weighted by molar-refractivity contribution is 6.30. The van der Waals surface area contributed by atoms with Crippen molar-refractivity contribution in [1.29, 1.82) is 0 Å². The molecule has 0 bridgehead atoms. The Labute approximate surface area is 171 Å². The zero-order valence-corrected chi connectivity index (χ0v) is 17.0. The maximum Gasteiger partial charge on any atom is 0.305 e. The number of aromatic nitrogens is 1. The standard InChI is InChI=1S/C22H27ClN2O3/c1-27-21(26)6-4-14-25-15-11-19(12-16-25)28-22(20-5-2-3-13-24-20)17-7-9-18(23)10-8-17/h2-3,5,7-10,13,19,22H,4,6,11-12,14-16H2,1H3. The summed E-state index contributed by atoms with van der Waals surface area (Å²) in [6.07, 6.45) is 5.02. The van der Waals surface area contributed by atoms with Crippen LogP contribution < -0.4 is 0 Å². The fourth-order valence-corrected chi connectivity index (χ4v) is 3.62. The highest BCUT2D eigenvalue weighted by atomic mass is 35.5. The minimum absolute atomic E-state index is 0.139. The zero-order chi connectivity index (χ0) is 19.8. The van der Waals surface area contributed by atoms with Crippen LogP contribution in [-0.4, -0.2) is 48.7 Å². The number of carbonyl (C=O) groups excluding carboxylic acids is 1. The van der Waals surface area contributed by atoms with Crippen LogP contribution in [-0.2, 0) is 14.3 Å². The van der Waals surface area contributed by atoms with Crippen LogP contribution in [0.2, 0.25) is 5.02 Å². The predicted molar refractivity (Wildman–Crippen MR) is 109 cm³/mol. The number of hydrogen-bond acceptors (Lipinski definition) is 5. The van der Waals surface area contributed by atoms with Gasteiger partial charge in [0.05, 0.1) is 18.9 Å². The van der Waals surface area contributed by atoms with Crippen molar-refractivity contribution < 1.29 is 14.3 Å². The summed E-state index contributed by atoms with van der Waals surface area (Å²) in [4.78, 5) is 18.1. The van der Waals surface area contributed by atoms with E-state index < -0.39 is 0 Å². The third-order valence-electron chi connectivity index (χ3n) is 5.08. The number of likely N-dealkylation sites (tertiary alicyclic amines) is 1. The second kappa shape index (κ2) is 10.6. The lowest BCUT2D eigenvalue weighted by atomic mass is 10.0. The number of nitrogens with zero attached hydrogens (tertiary/aromatic N) is 2. The number of carbonyl (C=O) groups is 1. The number of methoxy groups -OCH3 is 1. The lowest BCUT2D eigenvalue weighted by Gasteiger charge is -2.34. The van der Waals surface area contributed by atoms with Crippen LogP contribution in [0, 0.1) is 0 Å². The average molecular weight is 403 g/mol. The van der Waals surface area contributed by atoms with Gasteiger partial charge in [-0.05, 0) is 55.6 Å². The summed E-state index contributed by atoms with van der Waals surface area (Å²) in [5, 5.41) is 0.712. The largest absolute Gasteiger partial charge is 0.469 e. The van der Waals surface area contributed by atoms with Crippen LogP contribution in [0.1, 0.15) is 43.0 Å². The maximum absolute atomic E-state index is 11.2. The van der Waals surface area contributed by atoms with Crippen molar-refractivity contribution in [3.05, 3.63) is 64.9 Å². The monoisotopic (exact) mass is 402 g/mol. The molecule has 1 atom stereocenters. The quantitative estimate of drug-likeness (QED) is 0.617. The van der Waals surface area contributed by atoms with Gasteiger partial charge in [0.15, 0.2) is 0 Å². The number of piperidine rings is 1. The summed E-state index contributed by atoms with van der Waals surface area (Å²) < 4.78 is 11.2. The molecular weight excluding hydrogens is 376 g/mol. The van der Waals surface area contributed by atoms with Gasteiger partial charge in [-0.25, -0.2) is 0 Å². The van der Waals surface area contributed by atoms with E-state index in [-0.39, 0.29) is 18.2 Å². The van der Waals surface area contributed by atoms with Crippen LogP contribution in [0.4, 0.5) is 0 Å². The van der Waals surface area contributed by atoms with Gasteiger partial charge in [-0.1, -0.05) is 29.8 Å². The Balaban J connectivity index is 1.57. The van der Waals surface area contributed by atoms with Gasteiger partial charge < -0.3 is 14.4 Å². The number of rotatable bonds is 8. The van der Waals surface area contributed by atoms with Crippen LogP contribution in [0.25, 0.3) is 0 Å². The van der Waals surface area contributed by atoms with E-state index in [1.54, 1.807) is 6.20 Å². The molecule has 0 aliphatic carbocycles. The third kappa shape index (κ3) is 6.03. The Morgan fingerprint density at radius 2 is 1.96 bits per heavy atom. The van der Waals surface area contributed by atoms with Gasteiger partial charge in [-0.2, -0.15) is 0 Å². The molecule has 0 amide bonds. The van der Waals surface area contributed by atoms with Gasteiger partial charge in [0.2, 0.25) is 0 Å². The zero-order valence-electron chi connectivity index (χ0n) is 16.2. The predicted octanol–water partition coefficient (Wildman–Crippen LogP) is 4.26. The van der Waals surface area contributed by atoms with E-state index in [2.05, 4.69) is 9.88 Å². The normalized spacial score (nSPS) is 16.6.